The van der Waals surface area contributed by atoms with Gasteiger partial charge in [0, 0.05) is 12.2 Å². The van der Waals surface area contributed by atoms with Gasteiger partial charge in [-0.05, 0) is 45.5 Å². The molecule has 1 unspecified atom stereocenters. The summed E-state index contributed by atoms with van der Waals surface area (Å²) in [4.78, 5) is 17.5. The summed E-state index contributed by atoms with van der Waals surface area (Å²) in [5.41, 5.74) is 0.0736. The van der Waals surface area contributed by atoms with Crippen molar-refractivity contribution in [3.8, 4) is 0 Å². The molecule has 118 valence electrons. The lowest BCUT2D eigenvalue weighted by Gasteiger charge is -2.20. The molecule has 0 radical (unpaired) electrons. The van der Waals surface area contributed by atoms with E-state index in [2.05, 4.69) is 29.0 Å². The topological polar surface area (TPSA) is 65.5 Å². The molecule has 0 amide bonds. The first-order valence-corrected chi connectivity index (χ1v) is 7.74. The molecular weight excluding hydrogens is 290 g/mol. The summed E-state index contributed by atoms with van der Waals surface area (Å²) in [7, 11) is 0. The molecule has 1 rings (SSSR count). The average Bonchev–Trinajstić information content (AvgIpc) is 2.45. The molecule has 6 heteroatoms. The van der Waals surface area contributed by atoms with Gasteiger partial charge < -0.3 is 15.3 Å². The van der Waals surface area contributed by atoms with Crippen molar-refractivity contribution in [2.24, 2.45) is 0 Å². The molecule has 5 nitrogen and oxygen atoms in total. The lowest BCUT2D eigenvalue weighted by atomic mass is 10.1. The Labute approximate surface area is 131 Å². The number of nitrogens with one attached hydrogen (secondary N) is 1. The van der Waals surface area contributed by atoms with Gasteiger partial charge in [0.2, 0.25) is 0 Å². The number of hydrogen-bond acceptors (Lipinski definition) is 4. The van der Waals surface area contributed by atoms with Crippen LogP contribution < -0.4 is 5.32 Å². The lowest BCUT2D eigenvalue weighted by Crippen LogP contribution is -2.25. The number of aromatic carboxylic acids is 1. The highest BCUT2D eigenvalue weighted by molar-refractivity contribution is 6.35. The highest BCUT2D eigenvalue weighted by Gasteiger charge is 2.14. The molecule has 21 heavy (non-hydrogen) atoms. The van der Waals surface area contributed by atoms with E-state index in [-0.39, 0.29) is 16.6 Å². The standard InChI is InChI=1S/C15H24ClN3O2/c1-4-19(5-2)10-6-7-11(3)18-14-13(16)12(15(20)21)8-9-17-14/h8-9,11H,4-7,10H2,1-3H3,(H,17,18)(H,20,21). The zero-order chi connectivity index (χ0) is 15.8. The minimum Gasteiger partial charge on any atom is -0.478 e. The lowest BCUT2D eigenvalue weighted by molar-refractivity contribution is 0.0697. The maximum Gasteiger partial charge on any atom is 0.337 e. The third-order valence-electron chi connectivity index (χ3n) is 3.51. The van der Waals surface area contributed by atoms with Gasteiger partial charge in [-0.3, -0.25) is 0 Å². The number of aromatic nitrogens is 1. The molecule has 0 aliphatic heterocycles. The van der Waals surface area contributed by atoms with Crippen molar-refractivity contribution in [1.82, 2.24) is 9.88 Å². The molecule has 0 aliphatic carbocycles. The van der Waals surface area contributed by atoms with Gasteiger partial charge in [0.05, 0.1) is 10.6 Å². The first-order valence-electron chi connectivity index (χ1n) is 7.36. The van der Waals surface area contributed by atoms with Crippen LogP contribution in [0.2, 0.25) is 5.02 Å². The van der Waals surface area contributed by atoms with Crippen LogP contribution in [0, 0.1) is 0 Å². The van der Waals surface area contributed by atoms with E-state index in [9.17, 15) is 4.79 Å². The van der Waals surface area contributed by atoms with Crippen molar-refractivity contribution in [1.29, 1.82) is 0 Å². The second-order valence-electron chi connectivity index (χ2n) is 5.04. The van der Waals surface area contributed by atoms with Gasteiger partial charge in [0.1, 0.15) is 5.82 Å². The molecule has 0 fully saturated rings. The quantitative estimate of drug-likeness (QED) is 0.732. The second-order valence-corrected chi connectivity index (χ2v) is 5.42. The van der Waals surface area contributed by atoms with Crippen LogP contribution in [0.4, 0.5) is 5.82 Å². The summed E-state index contributed by atoms with van der Waals surface area (Å²) < 4.78 is 0. The molecule has 1 aromatic rings. The Morgan fingerprint density at radius 2 is 2.14 bits per heavy atom. The van der Waals surface area contributed by atoms with Crippen molar-refractivity contribution in [3.05, 3.63) is 22.8 Å². The van der Waals surface area contributed by atoms with Gasteiger partial charge in [-0.1, -0.05) is 25.4 Å². The number of carboxylic acid groups (broad SMARTS) is 1. The zero-order valence-electron chi connectivity index (χ0n) is 12.9. The van der Waals surface area contributed by atoms with Crippen molar-refractivity contribution in [2.75, 3.05) is 25.0 Å². The normalized spacial score (nSPS) is 12.4. The van der Waals surface area contributed by atoms with E-state index in [1.807, 2.05) is 6.92 Å². The molecule has 1 aromatic heterocycles. The number of hydrogen-bond donors (Lipinski definition) is 2. The Bertz CT molecular complexity index is 464. The maximum absolute atomic E-state index is 11.0. The number of carbonyl (C=O) groups is 1. The van der Waals surface area contributed by atoms with Gasteiger partial charge in [-0.15, -0.1) is 0 Å². The smallest absolute Gasteiger partial charge is 0.337 e. The number of pyridine rings is 1. The Morgan fingerprint density at radius 3 is 2.71 bits per heavy atom. The SMILES string of the molecule is CCN(CC)CCCC(C)Nc1nccc(C(=O)O)c1Cl. The minimum atomic E-state index is -1.04. The molecule has 0 saturated heterocycles. The summed E-state index contributed by atoms with van der Waals surface area (Å²) in [5.74, 6) is -0.605. The van der Waals surface area contributed by atoms with Crippen LogP contribution in [0.25, 0.3) is 0 Å². The van der Waals surface area contributed by atoms with E-state index >= 15 is 0 Å². The van der Waals surface area contributed by atoms with E-state index < -0.39 is 5.97 Å². The Kier molecular flexibility index (Phi) is 7.47. The highest BCUT2D eigenvalue weighted by Crippen LogP contribution is 2.24. The van der Waals surface area contributed by atoms with Gasteiger partial charge in [0.15, 0.2) is 0 Å². The first kappa shape index (κ1) is 17.7. The molecular formula is C15H24ClN3O2. The summed E-state index contributed by atoms with van der Waals surface area (Å²) in [5, 5.41) is 12.4. The summed E-state index contributed by atoms with van der Waals surface area (Å²) in [6.45, 7) is 9.56. The number of nitrogens with zero attached hydrogens (tertiary/aromatic N) is 2. The van der Waals surface area contributed by atoms with Crippen LogP contribution in [0.5, 0.6) is 0 Å². The fourth-order valence-corrected chi connectivity index (χ4v) is 2.42. The highest BCUT2D eigenvalue weighted by atomic mass is 35.5. The Morgan fingerprint density at radius 1 is 1.48 bits per heavy atom. The third-order valence-corrected chi connectivity index (χ3v) is 3.89. The van der Waals surface area contributed by atoms with Crippen molar-refractivity contribution in [2.45, 2.75) is 39.7 Å². The number of anilines is 1. The summed E-state index contributed by atoms with van der Waals surface area (Å²) in [6.07, 6.45) is 3.51. The number of carboxylic acids is 1. The van der Waals surface area contributed by atoms with Crippen molar-refractivity contribution < 1.29 is 9.90 Å². The summed E-state index contributed by atoms with van der Waals surface area (Å²) in [6, 6.07) is 1.59. The van der Waals surface area contributed by atoms with Crippen LogP contribution in [0.3, 0.4) is 0 Å². The van der Waals surface area contributed by atoms with Crippen LogP contribution in [-0.4, -0.2) is 46.6 Å². The Balaban J connectivity index is 2.53. The van der Waals surface area contributed by atoms with Crippen molar-refractivity contribution >= 4 is 23.4 Å². The van der Waals surface area contributed by atoms with Gasteiger partial charge in [-0.2, -0.15) is 0 Å². The van der Waals surface area contributed by atoms with Gasteiger partial charge in [0.25, 0.3) is 0 Å². The first-order chi connectivity index (χ1) is 9.99. The molecule has 0 aromatic carbocycles. The Hall–Kier alpha value is -1.33. The van der Waals surface area contributed by atoms with E-state index in [0.29, 0.717) is 5.82 Å². The van der Waals surface area contributed by atoms with Crippen LogP contribution in [-0.2, 0) is 0 Å². The second kappa shape index (κ2) is 8.85. The molecule has 0 bridgehead atoms. The largest absolute Gasteiger partial charge is 0.478 e. The third kappa shape index (κ3) is 5.52. The molecule has 2 N–H and O–H groups in total. The average molecular weight is 314 g/mol. The maximum atomic E-state index is 11.0. The van der Waals surface area contributed by atoms with E-state index in [4.69, 9.17) is 16.7 Å². The van der Waals surface area contributed by atoms with E-state index in [1.54, 1.807) is 0 Å². The van der Waals surface area contributed by atoms with Crippen molar-refractivity contribution in [3.63, 3.8) is 0 Å². The molecule has 0 saturated carbocycles. The predicted octanol–water partition coefficient (Wildman–Crippen LogP) is 3.36. The molecule has 0 aliphatic rings. The summed E-state index contributed by atoms with van der Waals surface area (Å²) >= 11 is 6.06. The van der Waals surface area contributed by atoms with Crippen LogP contribution in [0.15, 0.2) is 12.3 Å². The monoisotopic (exact) mass is 313 g/mol. The van der Waals surface area contributed by atoms with E-state index in [1.165, 1.54) is 12.3 Å². The predicted molar refractivity (Wildman–Crippen MR) is 86.3 cm³/mol. The minimum absolute atomic E-state index is 0.0736. The number of rotatable bonds is 9. The molecule has 1 atom stereocenters. The van der Waals surface area contributed by atoms with E-state index in [0.717, 1.165) is 32.5 Å². The fourth-order valence-electron chi connectivity index (χ4n) is 2.18. The fraction of sp³-hybridized carbons (Fsp3) is 0.600. The van der Waals surface area contributed by atoms with Gasteiger partial charge >= 0.3 is 5.97 Å². The van der Waals surface area contributed by atoms with Crippen LogP contribution >= 0.6 is 11.6 Å². The van der Waals surface area contributed by atoms with Crippen LogP contribution in [0.1, 0.15) is 44.0 Å². The molecule has 0 spiro atoms. The van der Waals surface area contributed by atoms with Gasteiger partial charge in [-0.25, -0.2) is 9.78 Å². The zero-order valence-corrected chi connectivity index (χ0v) is 13.7. The number of halogens is 1. The molecule has 1 heterocycles.